The number of hydrogen-bond donors (Lipinski definition) is 0. The molecule has 0 radical (unpaired) electrons. The molecular weight excluding hydrogens is 218 g/mol. The summed E-state index contributed by atoms with van der Waals surface area (Å²) in [5.41, 5.74) is 0.786. The van der Waals surface area contributed by atoms with Gasteiger partial charge in [-0.3, -0.25) is 9.78 Å². The molecule has 1 rings (SSSR count). The average molecular weight is 226 g/mol. The molecule has 0 amide bonds. The highest BCUT2D eigenvalue weighted by molar-refractivity contribution is 9.10. The highest BCUT2D eigenvalue weighted by Gasteiger charge is 1.89. The Morgan fingerprint density at radius 3 is 2.83 bits per heavy atom. The van der Waals surface area contributed by atoms with E-state index in [0.29, 0.717) is 0 Å². The molecule has 0 saturated heterocycles. The third kappa shape index (κ3) is 2.96. The molecular formula is C9H8BrNO. The van der Waals surface area contributed by atoms with E-state index in [1.54, 1.807) is 12.3 Å². The van der Waals surface area contributed by atoms with E-state index in [1.165, 1.54) is 13.0 Å². The molecule has 0 saturated carbocycles. The SMILES string of the molecule is CC(=O)/C=C/c1ccc(Br)cn1. The van der Waals surface area contributed by atoms with Crippen molar-refractivity contribution in [2.75, 3.05) is 0 Å². The molecule has 2 nitrogen and oxygen atoms in total. The third-order valence-electron chi connectivity index (χ3n) is 1.24. The Morgan fingerprint density at radius 2 is 2.33 bits per heavy atom. The monoisotopic (exact) mass is 225 g/mol. The molecule has 0 N–H and O–H groups in total. The molecule has 1 aromatic rings. The lowest BCUT2D eigenvalue weighted by Crippen LogP contribution is -1.82. The number of hydrogen-bond acceptors (Lipinski definition) is 2. The second-order valence-corrected chi connectivity index (χ2v) is 3.26. The Morgan fingerprint density at radius 1 is 1.58 bits per heavy atom. The highest BCUT2D eigenvalue weighted by Crippen LogP contribution is 2.07. The second-order valence-electron chi connectivity index (χ2n) is 2.35. The van der Waals surface area contributed by atoms with Gasteiger partial charge in [-0.1, -0.05) is 0 Å². The first-order valence-corrected chi connectivity index (χ1v) is 4.28. The molecule has 0 aliphatic carbocycles. The van der Waals surface area contributed by atoms with Crippen molar-refractivity contribution in [3.8, 4) is 0 Å². The first-order chi connectivity index (χ1) is 5.68. The fraction of sp³-hybridized carbons (Fsp3) is 0.111. The molecule has 0 atom stereocenters. The quantitative estimate of drug-likeness (QED) is 0.725. The topological polar surface area (TPSA) is 30.0 Å². The molecule has 0 unspecified atom stereocenters. The number of nitrogens with zero attached hydrogens (tertiary/aromatic N) is 1. The minimum Gasteiger partial charge on any atom is -0.295 e. The van der Waals surface area contributed by atoms with Crippen molar-refractivity contribution in [1.82, 2.24) is 4.98 Å². The van der Waals surface area contributed by atoms with E-state index in [2.05, 4.69) is 20.9 Å². The van der Waals surface area contributed by atoms with Crippen LogP contribution in [0.5, 0.6) is 0 Å². The van der Waals surface area contributed by atoms with Crippen molar-refractivity contribution >= 4 is 27.8 Å². The van der Waals surface area contributed by atoms with Gasteiger partial charge in [0.25, 0.3) is 0 Å². The molecule has 0 fully saturated rings. The number of aromatic nitrogens is 1. The molecule has 0 bridgehead atoms. The minimum absolute atomic E-state index is 0.0275. The van der Waals surface area contributed by atoms with Crippen molar-refractivity contribution in [3.05, 3.63) is 34.6 Å². The summed E-state index contributed by atoms with van der Waals surface area (Å²) < 4.78 is 0.933. The Kier molecular flexibility index (Phi) is 3.17. The summed E-state index contributed by atoms with van der Waals surface area (Å²) in [5.74, 6) is 0.0275. The number of halogens is 1. The molecule has 3 heteroatoms. The van der Waals surface area contributed by atoms with Crippen molar-refractivity contribution in [2.45, 2.75) is 6.92 Å². The maximum Gasteiger partial charge on any atom is 0.152 e. The molecule has 0 aromatic carbocycles. The molecule has 62 valence electrons. The van der Waals surface area contributed by atoms with Crippen molar-refractivity contribution in [1.29, 1.82) is 0 Å². The maximum atomic E-state index is 10.6. The number of rotatable bonds is 2. The van der Waals surface area contributed by atoms with Gasteiger partial charge < -0.3 is 0 Å². The van der Waals surface area contributed by atoms with Crippen LogP contribution in [0.1, 0.15) is 12.6 Å². The summed E-state index contributed by atoms with van der Waals surface area (Å²) in [5, 5.41) is 0. The summed E-state index contributed by atoms with van der Waals surface area (Å²) in [4.78, 5) is 14.6. The van der Waals surface area contributed by atoms with Crippen LogP contribution in [0.2, 0.25) is 0 Å². The van der Waals surface area contributed by atoms with E-state index >= 15 is 0 Å². The number of allylic oxidation sites excluding steroid dienone is 1. The van der Waals surface area contributed by atoms with Crippen LogP contribution in [-0.4, -0.2) is 10.8 Å². The first kappa shape index (κ1) is 9.13. The first-order valence-electron chi connectivity index (χ1n) is 3.48. The maximum absolute atomic E-state index is 10.6. The summed E-state index contributed by atoms with van der Waals surface area (Å²) in [7, 11) is 0. The van der Waals surface area contributed by atoms with Crippen LogP contribution in [0.3, 0.4) is 0 Å². The van der Waals surface area contributed by atoms with E-state index < -0.39 is 0 Å². The van der Waals surface area contributed by atoms with E-state index in [0.717, 1.165) is 10.2 Å². The Labute approximate surface area is 79.5 Å². The minimum atomic E-state index is 0.0275. The molecule has 12 heavy (non-hydrogen) atoms. The van der Waals surface area contributed by atoms with Crippen LogP contribution in [0.25, 0.3) is 6.08 Å². The van der Waals surface area contributed by atoms with Crippen LogP contribution in [0, 0.1) is 0 Å². The Hall–Kier alpha value is -0.960. The normalized spacial score (nSPS) is 10.5. The van der Waals surface area contributed by atoms with Gasteiger partial charge in [0, 0.05) is 10.7 Å². The van der Waals surface area contributed by atoms with Gasteiger partial charge in [-0.2, -0.15) is 0 Å². The van der Waals surface area contributed by atoms with Gasteiger partial charge in [0.15, 0.2) is 5.78 Å². The lowest BCUT2D eigenvalue weighted by molar-refractivity contribution is -0.112. The smallest absolute Gasteiger partial charge is 0.152 e. The predicted molar refractivity (Wildman–Crippen MR) is 51.7 cm³/mol. The van der Waals surface area contributed by atoms with E-state index in [1.807, 2.05) is 12.1 Å². The third-order valence-corrected chi connectivity index (χ3v) is 1.71. The zero-order valence-corrected chi connectivity index (χ0v) is 8.21. The number of pyridine rings is 1. The van der Waals surface area contributed by atoms with E-state index in [9.17, 15) is 4.79 Å². The summed E-state index contributed by atoms with van der Waals surface area (Å²) in [6.45, 7) is 1.51. The summed E-state index contributed by atoms with van der Waals surface area (Å²) >= 11 is 3.27. The lowest BCUT2D eigenvalue weighted by atomic mass is 10.3. The van der Waals surface area contributed by atoms with E-state index in [4.69, 9.17) is 0 Å². The van der Waals surface area contributed by atoms with E-state index in [-0.39, 0.29) is 5.78 Å². The van der Waals surface area contributed by atoms with Crippen LogP contribution in [0.15, 0.2) is 28.9 Å². The average Bonchev–Trinajstić information content (AvgIpc) is 2.03. The zero-order chi connectivity index (χ0) is 8.97. The molecule has 0 aliphatic heterocycles. The molecule has 0 aliphatic rings. The van der Waals surface area contributed by atoms with Crippen LogP contribution >= 0.6 is 15.9 Å². The standard InChI is InChI=1S/C9H8BrNO/c1-7(12)2-4-9-5-3-8(10)6-11-9/h2-6H,1H3/b4-2+. The largest absolute Gasteiger partial charge is 0.295 e. The van der Waals surface area contributed by atoms with Crippen LogP contribution in [0.4, 0.5) is 0 Å². The number of carbonyl (C=O) groups excluding carboxylic acids is 1. The van der Waals surface area contributed by atoms with Gasteiger partial charge in [-0.25, -0.2) is 0 Å². The van der Waals surface area contributed by atoms with Crippen molar-refractivity contribution in [2.24, 2.45) is 0 Å². The summed E-state index contributed by atoms with van der Waals surface area (Å²) in [6.07, 6.45) is 4.88. The van der Waals surface area contributed by atoms with Gasteiger partial charge in [0.05, 0.1) is 5.69 Å². The van der Waals surface area contributed by atoms with Crippen LogP contribution in [-0.2, 0) is 4.79 Å². The summed E-state index contributed by atoms with van der Waals surface area (Å²) in [6, 6.07) is 3.72. The lowest BCUT2D eigenvalue weighted by Gasteiger charge is -1.91. The highest BCUT2D eigenvalue weighted by atomic mass is 79.9. The number of ketones is 1. The Bertz CT molecular complexity index is 303. The van der Waals surface area contributed by atoms with Gasteiger partial charge in [-0.15, -0.1) is 0 Å². The van der Waals surface area contributed by atoms with Gasteiger partial charge >= 0.3 is 0 Å². The predicted octanol–water partition coefficient (Wildman–Crippen LogP) is 2.45. The van der Waals surface area contributed by atoms with Crippen molar-refractivity contribution < 1.29 is 4.79 Å². The zero-order valence-electron chi connectivity index (χ0n) is 6.62. The molecule has 1 heterocycles. The fourth-order valence-corrected chi connectivity index (χ4v) is 0.923. The number of carbonyl (C=O) groups is 1. The fourth-order valence-electron chi connectivity index (χ4n) is 0.689. The molecule has 1 aromatic heterocycles. The van der Waals surface area contributed by atoms with Crippen molar-refractivity contribution in [3.63, 3.8) is 0 Å². The van der Waals surface area contributed by atoms with Crippen LogP contribution < -0.4 is 0 Å². The second kappa shape index (κ2) is 4.16. The van der Waals surface area contributed by atoms with Gasteiger partial charge in [-0.05, 0) is 47.1 Å². The van der Waals surface area contributed by atoms with Gasteiger partial charge in [0.2, 0.25) is 0 Å². The van der Waals surface area contributed by atoms with Gasteiger partial charge in [0.1, 0.15) is 0 Å². The Balaban J connectivity index is 2.77. The molecule has 0 spiro atoms.